The summed E-state index contributed by atoms with van der Waals surface area (Å²) in [6, 6.07) is 7.14. The summed E-state index contributed by atoms with van der Waals surface area (Å²) >= 11 is 6.05. The molecular weight excluding hydrogens is 468 g/mol. The fourth-order valence-corrected chi connectivity index (χ4v) is 5.81. The third-order valence-corrected chi connectivity index (χ3v) is 7.80. The zero-order valence-corrected chi connectivity index (χ0v) is 21.3. The number of carbonyl (C=O) groups is 3. The SMILES string of the molecule is CCOC(=O)[C@H]1CCCC[C@@H]1N1CCN(C(=O)C(Cc2ccc(Cl)cc2)N2CCNCC2=O)CC1. The third kappa shape index (κ3) is 6.35. The summed E-state index contributed by atoms with van der Waals surface area (Å²) in [5.74, 6) is -0.208. The van der Waals surface area contributed by atoms with E-state index in [1.807, 2.05) is 36.1 Å². The van der Waals surface area contributed by atoms with Crippen molar-refractivity contribution < 1.29 is 19.1 Å². The molecule has 0 aromatic heterocycles. The van der Waals surface area contributed by atoms with Crippen LogP contribution in [0.1, 0.15) is 38.2 Å². The van der Waals surface area contributed by atoms with E-state index in [2.05, 4.69) is 10.2 Å². The average Bonchev–Trinajstić information content (AvgIpc) is 2.89. The van der Waals surface area contributed by atoms with Crippen molar-refractivity contribution in [2.45, 2.75) is 51.1 Å². The summed E-state index contributed by atoms with van der Waals surface area (Å²) in [7, 11) is 0. The summed E-state index contributed by atoms with van der Waals surface area (Å²) in [6.07, 6.45) is 4.51. The minimum absolute atomic E-state index is 0.000405. The molecule has 8 nitrogen and oxygen atoms in total. The van der Waals surface area contributed by atoms with Gasteiger partial charge in [0.15, 0.2) is 0 Å². The minimum Gasteiger partial charge on any atom is -0.466 e. The molecule has 1 saturated carbocycles. The minimum atomic E-state index is -0.528. The molecule has 1 aliphatic carbocycles. The molecule has 2 heterocycles. The first kappa shape index (κ1) is 25.9. The van der Waals surface area contributed by atoms with Crippen LogP contribution in [0.3, 0.4) is 0 Å². The van der Waals surface area contributed by atoms with Crippen LogP contribution in [0.25, 0.3) is 0 Å². The van der Waals surface area contributed by atoms with Crippen LogP contribution < -0.4 is 5.32 Å². The monoisotopic (exact) mass is 504 g/mol. The van der Waals surface area contributed by atoms with Gasteiger partial charge in [0.25, 0.3) is 0 Å². The van der Waals surface area contributed by atoms with E-state index in [0.29, 0.717) is 44.2 Å². The van der Waals surface area contributed by atoms with Gasteiger partial charge in [-0.25, -0.2) is 0 Å². The second-order valence-corrected chi connectivity index (χ2v) is 10.1. The second kappa shape index (κ2) is 12.2. The topological polar surface area (TPSA) is 82.2 Å². The number of hydrogen-bond donors (Lipinski definition) is 1. The Kier molecular flexibility index (Phi) is 9.03. The van der Waals surface area contributed by atoms with Crippen molar-refractivity contribution in [3.05, 3.63) is 34.9 Å². The number of piperazine rings is 2. The van der Waals surface area contributed by atoms with Crippen molar-refractivity contribution >= 4 is 29.4 Å². The molecule has 1 unspecified atom stereocenters. The van der Waals surface area contributed by atoms with Crippen LogP contribution >= 0.6 is 11.6 Å². The number of hydrogen-bond acceptors (Lipinski definition) is 6. The molecule has 1 aromatic carbocycles. The molecule has 3 aliphatic rings. The zero-order valence-electron chi connectivity index (χ0n) is 20.6. The van der Waals surface area contributed by atoms with E-state index in [9.17, 15) is 14.4 Å². The maximum Gasteiger partial charge on any atom is 0.310 e. The molecule has 0 bridgehead atoms. The van der Waals surface area contributed by atoms with Crippen molar-refractivity contribution in [3.8, 4) is 0 Å². The molecular formula is C26H37ClN4O4. The Bertz CT molecular complexity index is 888. The predicted octanol–water partition coefficient (Wildman–Crippen LogP) is 1.95. The van der Waals surface area contributed by atoms with Gasteiger partial charge in [-0.1, -0.05) is 36.6 Å². The highest BCUT2D eigenvalue weighted by Crippen LogP contribution is 2.30. The van der Waals surface area contributed by atoms with Gasteiger partial charge in [0.2, 0.25) is 11.8 Å². The van der Waals surface area contributed by atoms with Gasteiger partial charge < -0.3 is 19.9 Å². The molecule has 3 fully saturated rings. The third-order valence-electron chi connectivity index (χ3n) is 7.54. The van der Waals surface area contributed by atoms with Crippen molar-refractivity contribution in [1.82, 2.24) is 20.0 Å². The number of esters is 1. The van der Waals surface area contributed by atoms with Crippen LogP contribution in [0.15, 0.2) is 24.3 Å². The van der Waals surface area contributed by atoms with E-state index in [1.165, 1.54) is 0 Å². The number of amides is 2. The quantitative estimate of drug-likeness (QED) is 0.572. The molecule has 1 aromatic rings. The molecule has 3 atom stereocenters. The van der Waals surface area contributed by atoms with Gasteiger partial charge in [-0.2, -0.15) is 0 Å². The first-order valence-electron chi connectivity index (χ1n) is 12.9. The van der Waals surface area contributed by atoms with Crippen LogP contribution in [-0.4, -0.2) is 97.0 Å². The summed E-state index contributed by atoms with van der Waals surface area (Å²) in [5, 5.41) is 3.74. The lowest BCUT2D eigenvalue weighted by molar-refractivity contribution is -0.153. The molecule has 0 radical (unpaired) electrons. The van der Waals surface area contributed by atoms with E-state index in [1.54, 1.807) is 4.90 Å². The Labute approximate surface area is 212 Å². The first-order valence-corrected chi connectivity index (χ1v) is 13.3. The maximum atomic E-state index is 13.7. The smallest absolute Gasteiger partial charge is 0.310 e. The van der Waals surface area contributed by atoms with Gasteiger partial charge in [0.05, 0.1) is 19.1 Å². The van der Waals surface area contributed by atoms with E-state index in [-0.39, 0.29) is 36.3 Å². The lowest BCUT2D eigenvalue weighted by Gasteiger charge is -2.44. The average molecular weight is 505 g/mol. The van der Waals surface area contributed by atoms with Crippen LogP contribution in [-0.2, 0) is 25.5 Å². The summed E-state index contributed by atoms with van der Waals surface area (Å²) in [5.41, 5.74) is 0.984. The number of halogens is 1. The second-order valence-electron chi connectivity index (χ2n) is 9.68. The van der Waals surface area contributed by atoms with Crippen molar-refractivity contribution in [1.29, 1.82) is 0 Å². The Hall–Kier alpha value is -2.16. The van der Waals surface area contributed by atoms with Crippen LogP contribution in [0.5, 0.6) is 0 Å². The standard InChI is InChI=1S/C26H37ClN4O4/c1-2-35-26(34)21-5-3-4-6-22(21)29-13-15-30(16-14-29)25(33)23(31-12-11-28-18-24(31)32)17-19-7-9-20(27)10-8-19/h7-10,21-23,28H,2-6,11-18H2,1H3/t21-,22-,23?/m0/s1. The molecule has 0 spiro atoms. The molecule has 35 heavy (non-hydrogen) atoms. The van der Waals surface area contributed by atoms with Gasteiger partial charge in [0, 0.05) is 56.8 Å². The molecule has 2 saturated heterocycles. The van der Waals surface area contributed by atoms with Crippen LogP contribution in [0.4, 0.5) is 0 Å². The number of nitrogens with one attached hydrogen (secondary N) is 1. The van der Waals surface area contributed by atoms with E-state index in [4.69, 9.17) is 16.3 Å². The van der Waals surface area contributed by atoms with Gasteiger partial charge >= 0.3 is 5.97 Å². The molecule has 192 valence electrons. The number of carbonyl (C=O) groups excluding carboxylic acids is 3. The Morgan fingerprint density at radius 1 is 1.09 bits per heavy atom. The number of ether oxygens (including phenoxy) is 1. The number of benzene rings is 1. The summed E-state index contributed by atoms with van der Waals surface area (Å²) < 4.78 is 5.35. The van der Waals surface area contributed by atoms with Gasteiger partial charge in [-0.15, -0.1) is 0 Å². The van der Waals surface area contributed by atoms with Gasteiger partial charge in [-0.05, 0) is 37.5 Å². The summed E-state index contributed by atoms with van der Waals surface area (Å²) in [4.78, 5) is 45.0. The molecule has 1 N–H and O–H groups in total. The Morgan fingerprint density at radius 2 is 1.80 bits per heavy atom. The van der Waals surface area contributed by atoms with Crippen LogP contribution in [0.2, 0.25) is 5.02 Å². The van der Waals surface area contributed by atoms with E-state index >= 15 is 0 Å². The maximum absolute atomic E-state index is 13.7. The predicted molar refractivity (Wildman–Crippen MR) is 134 cm³/mol. The Balaban J connectivity index is 1.43. The van der Waals surface area contributed by atoms with E-state index < -0.39 is 6.04 Å². The first-order chi connectivity index (χ1) is 17.0. The largest absolute Gasteiger partial charge is 0.466 e. The van der Waals surface area contributed by atoms with Gasteiger partial charge in [-0.3, -0.25) is 19.3 Å². The molecule has 4 rings (SSSR count). The van der Waals surface area contributed by atoms with Crippen molar-refractivity contribution in [3.63, 3.8) is 0 Å². The highest BCUT2D eigenvalue weighted by atomic mass is 35.5. The molecule has 9 heteroatoms. The fraction of sp³-hybridized carbons (Fsp3) is 0.654. The van der Waals surface area contributed by atoms with Crippen molar-refractivity contribution in [2.24, 2.45) is 5.92 Å². The van der Waals surface area contributed by atoms with Crippen LogP contribution in [0, 0.1) is 5.92 Å². The zero-order chi connectivity index (χ0) is 24.8. The van der Waals surface area contributed by atoms with Crippen molar-refractivity contribution in [2.75, 3.05) is 52.4 Å². The highest BCUT2D eigenvalue weighted by Gasteiger charge is 2.39. The highest BCUT2D eigenvalue weighted by molar-refractivity contribution is 6.30. The van der Waals surface area contributed by atoms with Gasteiger partial charge in [0.1, 0.15) is 6.04 Å². The molecule has 2 amide bonds. The Morgan fingerprint density at radius 3 is 2.49 bits per heavy atom. The van der Waals surface area contributed by atoms with E-state index in [0.717, 1.165) is 44.3 Å². The normalized spacial score (nSPS) is 24.8. The molecule has 2 aliphatic heterocycles. The number of nitrogens with zero attached hydrogens (tertiary/aromatic N) is 3. The summed E-state index contributed by atoms with van der Waals surface area (Å²) in [6.45, 7) is 6.38. The lowest BCUT2D eigenvalue weighted by Crippen LogP contribution is -2.61. The fourth-order valence-electron chi connectivity index (χ4n) is 5.68. The number of rotatable bonds is 7. The lowest BCUT2D eigenvalue weighted by atomic mass is 9.83.